The maximum atomic E-state index is 12.7. The Bertz CT molecular complexity index is 820. The Morgan fingerprint density at radius 2 is 2.08 bits per heavy atom. The molecule has 1 amide bonds. The summed E-state index contributed by atoms with van der Waals surface area (Å²) in [5.41, 5.74) is 0.431. The number of benzene rings is 1. The highest BCUT2D eigenvalue weighted by Crippen LogP contribution is 2.35. The van der Waals surface area contributed by atoms with Crippen molar-refractivity contribution in [2.24, 2.45) is 11.1 Å². The van der Waals surface area contributed by atoms with E-state index in [-0.39, 0.29) is 18.2 Å². The molecule has 0 radical (unpaired) electrons. The zero-order chi connectivity index (χ0) is 18.2. The SMILES string of the molecule is O=C(NCC1CC1)C1=NOC2(CCN(S(=O)(=O)Cc3ccccc3)C2)C1. The predicted octanol–water partition coefficient (Wildman–Crippen LogP) is 1.26. The topological polar surface area (TPSA) is 88.1 Å². The van der Waals surface area contributed by atoms with E-state index in [1.807, 2.05) is 18.2 Å². The van der Waals surface area contributed by atoms with Crippen molar-refractivity contribution in [3.63, 3.8) is 0 Å². The molecule has 1 saturated carbocycles. The van der Waals surface area contributed by atoms with Crippen LogP contribution in [0, 0.1) is 5.92 Å². The molecule has 1 N–H and O–H groups in total. The zero-order valence-electron chi connectivity index (χ0n) is 14.6. The number of oxime groups is 1. The third-order valence-electron chi connectivity index (χ3n) is 5.22. The van der Waals surface area contributed by atoms with E-state index in [9.17, 15) is 13.2 Å². The van der Waals surface area contributed by atoms with Gasteiger partial charge in [0, 0.05) is 25.9 Å². The summed E-state index contributed by atoms with van der Waals surface area (Å²) in [6.45, 7) is 1.31. The van der Waals surface area contributed by atoms with Gasteiger partial charge in [0.2, 0.25) is 10.0 Å². The highest BCUT2D eigenvalue weighted by Gasteiger charge is 2.49. The van der Waals surface area contributed by atoms with Gasteiger partial charge in [-0.2, -0.15) is 4.31 Å². The zero-order valence-corrected chi connectivity index (χ0v) is 15.4. The van der Waals surface area contributed by atoms with Crippen LogP contribution in [0.15, 0.2) is 35.5 Å². The van der Waals surface area contributed by atoms with E-state index in [0.29, 0.717) is 37.6 Å². The molecule has 1 spiro atoms. The lowest BCUT2D eigenvalue weighted by Gasteiger charge is -2.21. The fourth-order valence-electron chi connectivity index (χ4n) is 3.44. The summed E-state index contributed by atoms with van der Waals surface area (Å²) in [5.74, 6) is 0.375. The quantitative estimate of drug-likeness (QED) is 0.808. The first-order valence-corrected chi connectivity index (χ1v) is 10.6. The van der Waals surface area contributed by atoms with Gasteiger partial charge in [-0.05, 0) is 24.3 Å². The lowest BCUT2D eigenvalue weighted by molar-refractivity contribution is -0.115. The molecule has 140 valence electrons. The lowest BCUT2D eigenvalue weighted by atomic mass is 9.96. The number of amides is 1. The van der Waals surface area contributed by atoms with Crippen LogP contribution >= 0.6 is 0 Å². The van der Waals surface area contributed by atoms with Crippen LogP contribution < -0.4 is 5.32 Å². The third kappa shape index (κ3) is 3.76. The number of sulfonamides is 1. The number of rotatable bonds is 6. The summed E-state index contributed by atoms with van der Waals surface area (Å²) >= 11 is 0. The van der Waals surface area contributed by atoms with Gasteiger partial charge in [0.25, 0.3) is 5.91 Å². The van der Waals surface area contributed by atoms with Crippen molar-refractivity contribution in [3.05, 3.63) is 35.9 Å². The number of hydrogen-bond acceptors (Lipinski definition) is 5. The highest BCUT2D eigenvalue weighted by atomic mass is 32.2. The second-order valence-corrected chi connectivity index (χ2v) is 9.44. The summed E-state index contributed by atoms with van der Waals surface area (Å²) in [7, 11) is -3.43. The molecule has 1 aliphatic carbocycles. The molecule has 2 heterocycles. The Balaban J connectivity index is 1.35. The summed E-state index contributed by atoms with van der Waals surface area (Å²) in [5, 5.41) is 6.84. The lowest BCUT2D eigenvalue weighted by Crippen LogP contribution is -2.39. The molecule has 26 heavy (non-hydrogen) atoms. The molecule has 2 fully saturated rings. The Morgan fingerprint density at radius 1 is 1.31 bits per heavy atom. The molecule has 8 heteroatoms. The van der Waals surface area contributed by atoms with Crippen molar-refractivity contribution in [2.75, 3.05) is 19.6 Å². The molecular weight excluding hydrogens is 354 g/mol. The minimum Gasteiger partial charge on any atom is -0.387 e. The highest BCUT2D eigenvalue weighted by molar-refractivity contribution is 7.88. The molecule has 2 aliphatic heterocycles. The number of nitrogens with zero attached hydrogens (tertiary/aromatic N) is 2. The average molecular weight is 377 g/mol. The molecule has 0 aromatic heterocycles. The molecule has 1 atom stereocenters. The van der Waals surface area contributed by atoms with Crippen molar-refractivity contribution in [2.45, 2.75) is 37.0 Å². The predicted molar refractivity (Wildman–Crippen MR) is 96.9 cm³/mol. The first kappa shape index (κ1) is 17.5. The summed E-state index contributed by atoms with van der Waals surface area (Å²) < 4.78 is 26.9. The van der Waals surface area contributed by atoms with E-state index >= 15 is 0 Å². The molecule has 4 rings (SSSR count). The van der Waals surface area contributed by atoms with Gasteiger partial charge in [0.15, 0.2) is 5.60 Å². The fourth-order valence-corrected chi connectivity index (χ4v) is 5.04. The number of nitrogens with one attached hydrogen (secondary N) is 1. The van der Waals surface area contributed by atoms with Crippen molar-refractivity contribution < 1.29 is 18.0 Å². The molecule has 0 bridgehead atoms. The molecule has 7 nitrogen and oxygen atoms in total. The second-order valence-electron chi connectivity index (χ2n) is 7.47. The van der Waals surface area contributed by atoms with Gasteiger partial charge in [0.05, 0.1) is 12.3 Å². The standard InChI is InChI=1S/C18H23N3O4S/c22-17(19-11-14-6-7-14)16-10-18(25-20-16)8-9-21(13-18)26(23,24)12-15-4-2-1-3-5-15/h1-5,14H,6-13H2,(H,19,22). The van der Waals surface area contributed by atoms with Crippen LogP contribution in [0.5, 0.6) is 0 Å². The van der Waals surface area contributed by atoms with Gasteiger partial charge in [-0.25, -0.2) is 8.42 Å². The van der Waals surface area contributed by atoms with E-state index in [1.165, 1.54) is 17.1 Å². The van der Waals surface area contributed by atoms with Crippen LogP contribution in [0.2, 0.25) is 0 Å². The Morgan fingerprint density at radius 3 is 2.81 bits per heavy atom. The smallest absolute Gasteiger partial charge is 0.269 e. The van der Waals surface area contributed by atoms with Crippen LogP contribution in [0.3, 0.4) is 0 Å². The molecule has 1 unspecified atom stereocenters. The van der Waals surface area contributed by atoms with Crippen molar-refractivity contribution in [1.29, 1.82) is 0 Å². The molecular formula is C18H23N3O4S. The minimum absolute atomic E-state index is 0.0283. The maximum absolute atomic E-state index is 12.7. The fraction of sp³-hybridized carbons (Fsp3) is 0.556. The molecule has 1 saturated heterocycles. The summed E-state index contributed by atoms with van der Waals surface area (Å²) in [6, 6.07) is 9.13. The van der Waals surface area contributed by atoms with Crippen LogP contribution in [0.1, 0.15) is 31.2 Å². The second kappa shape index (κ2) is 6.66. The van der Waals surface area contributed by atoms with Gasteiger partial charge in [-0.15, -0.1) is 0 Å². The largest absolute Gasteiger partial charge is 0.387 e. The number of hydrogen-bond donors (Lipinski definition) is 1. The van der Waals surface area contributed by atoms with Crippen LogP contribution in [-0.4, -0.2) is 49.6 Å². The summed E-state index contributed by atoms with van der Waals surface area (Å²) in [6.07, 6.45) is 3.24. The first-order chi connectivity index (χ1) is 12.5. The number of carbonyl (C=O) groups excluding carboxylic acids is 1. The van der Waals surface area contributed by atoms with Gasteiger partial charge in [0.1, 0.15) is 5.71 Å². The number of carbonyl (C=O) groups is 1. The maximum Gasteiger partial charge on any atom is 0.269 e. The van der Waals surface area contributed by atoms with E-state index in [0.717, 1.165) is 5.56 Å². The van der Waals surface area contributed by atoms with Crippen molar-refractivity contribution in [3.8, 4) is 0 Å². The van der Waals surface area contributed by atoms with E-state index in [2.05, 4.69) is 10.5 Å². The van der Waals surface area contributed by atoms with Gasteiger partial charge in [-0.1, -0.05) is 35.5 Å². The van der Waals surface area contributed by atoms with E-state index < -0.39 is 15.6 Å². The Hall–Kier alpha value is -1.93. The van der Waals surface area contributed by atoms with E-state index in [1.54, 1.807) is 12.1 Å². The van der Waals surface area contributed by atoms with Gasteiger partial charge < -0.3 is 10.2 Å². The Labute approximate surface area is 153 Å². The van der Waals surface area contributed by atoms with E-state index in [4.69, 9.17) is 4.84 Å². The van der Waals surface area contributed by atoms with Gasteiger partial charge >= 0.3 is 0 Å². The minimum atomic E-state index is -3.43. The van der Waals surface area contributed by atoms with Gasteiger partial charge in [-0.3, -0.25) is 4.79 Å². The summed E-state index contributed by atoms with van der Waals surface area (Å²) in [4.78, 5) is 17.7. The monoisotopic (exact) mass is 377 g/mol. The molecule has 1 aromatic rings. The molecule has 3 aliphatic rings. The third-order valence-corrected chi connectivity index (χ3v) is 7.01. The average Bonchev–Trinajstić information content (AvgIpc) is 3.21. The molecule has 1 aromatic carbocycles. The van der Waals surface area contributed by atoms with Crippen molar-refractivity contribution >= 4 is 21.6 Å². The van der Waals surface area contributed by atoms with Crippen LogP contribution in [-0.2, 0) is 25.4 Å². The first-order valence-electron chi connectivity index (χ1n) is 9.01. The van der Waals surface area contributed by atoms with Crippen LogP contribution in [0.25, 0.3) is 0 Å². The van der Waals surface area contributed by atoms with Crippen molar-refractivity contribution in [1.82, 2.24) is 9.62 Å². The Kier molecular flexibility index (Phi) is 4.48. The van der Waals surface area contributed by atoms with Crippen LogP contribution in [0.4, 0.5) is 0 Å². The normalized spacial score (nSPS) is 25.9.